The van der Waals surface area contributed by atoms with Crippen LogP contribution in [0.1, 0.15) is 5.56 Å². The summed E-state index contributed by atoms with van der Waals surface area (Å²) in [6.07, 6.45) is 0. The Morgan fingerprint density at radius 2 is 1.40 bits per heavy atom. The fraction of sp³-hybridized carbons (Fsp3) is 0. The van der Waals surface area contributed by atoms with Gasteiger partial charge in [-0.1, -0.05) is 54.3 Å². The topological polar surface area (TPSA) is 0 Å². The lowest BCUT2D eigenvalue weighted by atomic mass is 10.2. The molecule has 0 fully saturated rings. The molecular weight excluding hydrogens is 220 g/mol. The van der Waals surface area contributed by atoms with Crippen molar-refractivity contribution in [2.24, 2.45) is 0 Å². The first-order valence-corrected chi connectivity index (χ1v) is 5.82. The Kier molecular flexibility index (Phi) is 3.54. The van der Waals surface area contributed by atoms with Crippen LogP contribution >= 0.6 is 24.0 Å². The van der Waals surface area contributed by atoms with Crippen LogP contribution in [0.4, 0.5) is 0 Å². The van der Waals surface area contributed by atoms with Crippen LogP contribution in [-0.4, -0.2) is 5.37 Å². The fourth-order valence-corrected chi connectivity index (χ4v) is 2.19. The molecule has 0 aliphatic carbocycles. The molecular formula is C13H9S2. The number of hydrogen-bond acceptors (Lipinski definition) is 2. The Morgan fingerprint density at radius 3 is 2.00 bits per heavy atom. The van der Waals surface area contributed by atoms with Gasteiger partial charge in [0.2, 0.25) is 0 Å². The molecule has 0 saturated heterocycles. The minimum absolute atomic E-state index is 0.961. The highest BCUT2D eigenvalue weighted by atomic mass is 32.2. The monoisotopic (exact) mass is 229 g/mol. The number of thiocarbonyl (C=S) groups is 1. The molecule has 0 aliphatic rings. The molecule has 0 heterocycles. The zero-order valence-electron chi connectivity index (χ0n) is 8.01. The SMILES string of the molecule is S=[C]c1ccc(Sc2ccccc2)cc1. The molecule has 0 nitrogen and oxygen atoms in total. The van der Waals surface area contributed by atoms with Gasteiger partial charge in [0.1, 0.15) is 0 Å². The van der Waals surface area contributed by atoms with Crippen molar-refractivity contribution in [3.63, 3.8) is 0 Å². The van der Waals surface area contributed by atoms with Crippen LogP contribution < -0.4 is 0 Å². The molecule has 1 radical (unpaired) electrons. The van der Waals surface area contributed by atoms with Gasteiger partial charge in [-0.15, -0.1) is 0 Å². The predicted octanol–water partition coefficient (Wildman–Crippen LogP) is 4.06. The second-order valence-electron chi connectivity index (χ2n) is 3.04. The molecule has 2 aromatic rings. The van der Waals surface area contributed by atoms with Crippen LogP contribution in [0.15, 0.2) is 64.4 Å². The highest BCUT2D eigenvalue weighted by molar-refractivity contribution is 7.99. The van der Waals surface area contributed by atoms with E-state index in [4.69, 9.17) is 12.2 Å². The smallest absolute Gasteiger partial charge is 0.0636 e. The molecule has 2 rings (SSSR count). The maximum absolute atomic E-state index is 4.73. The molecule has 2 heteroatoms. The minimum atomic E-state index is 0.961. The van der Waals surface area contributed by atoms with Crippen LogP contribution in [0, 0.1) is 0 Å². The Hall–Kier alpha value is -1.12. The van der Waals surface area contributed by atoms with Crippen molar-refractivity contribution >= 4 is 29.3 Å². The number of rotatable bonds is 3. The second-order valence-corrected chi connectivity index (χ2v) is 4.39. The Balaban J connectivity index is 2.15. The molecule has 0 unspecified atom stereocenters. The van der Waals surface area contributed by atoms with Gasteiger partial charge >= 0.3 is 0 Å². The Morgan fingerprint density at radius 1 is 0.800 bits per heavy atom. The zero-order valence-corrected chi connectivity index (χ0v) is 9.65. The van der Waals surface area contributed by atoms with E-state index in [-0.39, 0.29) is 0 Å². The van der Waals surface area contributed by atoms with E-state index in [1.54, 1.807) is 11.8 Å². The van der Waals surface area contributed by atoms with Gasteiger partial charge in [0.15, 0.2) is 0 Å². The van der Waals surface area contributed by atoms with Crippen molar-refractivity contribution < 1.29 is 0 Å². The number of hydrogen-bond donors (Lipinski definition) is 0. The van der Waals surface area contributed by atoms with Crippen molar-refractivity contribution in [3.8, 4) is 0 Å². The molecule has 0 amide bonds. The first-order valence-electron chi connectivity index (χ1n) is 4.59. The summed E-state index contributed by atoms with van der Waals surface area (Å²) in [5, 5.41) is 2.69. The quantitative estimate of drug-likeness (QED) is 0.728. The van der Waals surface area contributed by atoms with E-state index in [9.17, 15) is 0 Å². The summed E-state index contributed by atoms with van der Waals surface area (Å²) in [6, 6.07) is 18.4. The van der Waals surface area contributed by atoms with E-state index in [0.29, 0.717) is 0 Å². The van der Waals surface area contributed by atoms with E-state index in [1.165, 1.54) is 9.79 Å². The Bertz CT molecular complexity index is 432. The van der Waals surface area contributed by atoms with Crippen LogP contribution in [0.2, 0.25) is 0 Å². The molecule has 73 valence electrons. The van der Waals surface area contributed by atoms with Gasteiger partial charge in [0, 0.05) is 9.79 Å². The molecule has 0 aliphatic heterocycles. The van der Waals surface area contributed by atoms with Crippen LogP contribution in [-0.2, 0) is 0 Å². The fourth-order valence-electron chi connectivity index (χ4n) is 1.22. The van der Waals surface area contributed by atoms with Crippen molar-refractivity contribution in [3.05, 3.63) is 60.2 Å². The summed E-state index contributed by atoms with van der Waals surface area (Å²) in [7, 11) is 0. The molecule has 0 N–H and O–H groups in total. The average molecular weight is 229 g/mol. The van der Waals surface area contributed by atoms with Crippen molar-refractivity contribution in [1.82, 2.24) is 0 Å². The predicted molar refractivity (Wildman–Crippen MR) is 68.7 cm³/mol. The van der Waals surface area contributed by atoms with Crippen LogP contribution in [0.3, 0.4) is 0 Å². The summed E-state index contributed by atoms with van der Waals surface area (Å²) in [5.41, 5.74) is 0.961. The zero-order chi connectivity index (χ0) is 10.5. The van der Waals surface area contributed by atoms with Gasteiger partial charge < -0.3 is 0 Å². The van der Waals surface area contributed by atoms with Gasteiger partial charge in [0.05, 0.1) is 5.37 Å². The number of benzene rings is 2. The molecule has 15 heavy (non-hydrogen) atoms. The lowest BCUT2D eigenvalue weighted by Crippen LogP contribution is -1.77. The summed E-state index contributed by atoms with van der Waals surface area (Å²) in [6.45, 7) is 0. The van der Waals surface area contributed by atoms with Crippen molar-refractivity contribution in [2.75, 3.05) is 0 Å². The molecule has 2 aromatic carbocycles. The average Bonchev–Trinajstić information content (AvgIpc) is 2.31. The summed E-state index contributed by atoms with van der Waals surface area (Å²) in [4.78, 5) is 2.46. The van der Waals surface area contributed by atoms with Gasteiger partial charge in [-0.25, -0.2) is 0 Å². The van der Waals surface area contributed by atoms with E-state index >= 15 is 0 Å². The molecule has 0 aromatic heterocycles. The second kappa shape index (κ2) is 5.10. The molecule has 0 saturated carbocycles. The highest BCUT2D eigenvalue weighted by Crippen LogP contribution is 2.26. The molecule has 0 bridgehead atoms. The lowest BCUT2D eigenvalue weighted by molar-refractivity contribution is 1.40. The first-order chi connectivity index (χ1) is 7.38. The van der Waals surface area contributed by atoms with Crippen molar-refractivity contribution in [1.29, 1.82) is 0 Å². The third-order valence-electron chi connectivity index (χ3n) is 1.95. The third-order valence-corrected chi connectivity index (χ3v) is 3.20. The maximum Gasteiger partial charge on any atom is 0.0636 e. The van der Waals surface area contributed by atoms with E-state index in [1.807, 2.05) is 30.3 Å². The minimum Gasteiger partial charge on any atom is -0.0901 e. The Labute approximate surface area is 99.3 Å². The highest BCUT2D eigenvalue weighted by Gasteiger charge is 1.95. The third kappa shape index (κ3) is 2.91. The van der Waals surface area contributed by atoms with Gasteiger partial charge in [-0.05, 0) is 29.8 Å². The van der Waals surface area contributed by atoms with E-state index in [0.717, 1.165) is 5.56 Å². The van der Waals surface area contributed by atoms with Crippen LogP contribution in [0.25, 0.3) is 0 Å². The van der Waals surface area contributed by atoms with E-state index in [2.05, 4.69) is 29.6 Å². The van der Waals surface area contributed by atoms with Gasteiger partial charge in [-0.3, -0.25) is 0 Å². The summed E-state index contributed by atoms with van der Waals surface area (Å²) < 4.78 is 0. The van der Waals surface area contributed by atoms with Crippen molar-refractivity contribution in [2.45, 2.75) is 9.79 Å². The van der Waals surface area contributed by atoms with Crippen LogP contribution in [0.5, 0.6) is 0 Å². The molecule has 0 spiro atoms. The maximum atomic E-state index is 4.73. The largest absolute Gasteiger partial charge is 0.0901 e. The van der Waals surface area contributed by atoms with Gasteiger partial charge in [-0.2, -0.15) is 0 Å². The van der Waals surface area contributed by atoms with E-state index < -0.39 is 0 Å². The lowest BCUT2D eigenvalue weighted by Gasteiger charge is -2.01. The first kappa shape index (κ1) is 10.4. The molecule has 0 atom stereocenters. The normalized spacial score (nSPS) is 9.87. The van der Waals surface area contributed by atoms with Gasteiger partial charge in [0.25, 0.3) is 0 Å². The standard InChI is InChI=1S/C13H9S2/c14-10-11-6-8-13(9-7-11)15-12-4-2-1-3-5-12/h1-9H. The summed E-state index contributed by atoms with van der Waals surface area (Å²) in [5.74, 6) is 0. The summed E-state index contributed by atoms with van der Waals surface area (Å²) >= 11 is 6.48.